The number of amides is 1. The molecular weight excluding hydrogens is 264 g/mol. The van der Waals surface area contributed by atoms with Crippen molar-refractivity contribution in [3.05, 3.63) is 47.4 Å². The summed E-state index contributed by atoms with van der Waals surface area (Å²) in [5, 5.41) is 3.10. The van der Waals surface area contributed by atoms with Gasteiger partial charge in [0.1, 0.15) is 11.0 Å². The first kappa shape index (κ1) is 13.3. The van der Waals surface area contributed by atoms with Crippen molar-refractivity contribution in [1.29, 1.82) is 0 Å². The molecule has 5 nitrogen and oxygen atoms in total. The normalized spacial score (nSPS) is 10.1. The van der Waals surface area contributed by atoms with Crippen LogP contribution >= 0.6 is 11.6 Å². The minimum Gasteiger partial charge on any atom is -0.363 e. The van der Waals surface area contributed by atoms with Crippen molar-refractivity contribution in [2.75, 3.05) is 24.3 Å². The van der Waals surface area contributed by atoms with Gasteiger partial charge < -0.3 is 10.2 Å². The molecule has 0 saturated heterocycles. The van der Waals surface area contributed by atoms with E-state index in [1.165, 1.54) is 6.20 Å². The van der Waals surface area contributed by atoms with Crippen molar-refractivity contribution < 1.29 is 4.79 Å². The van der Waals surface area contributed by atoms with Crippen LogP contribution in [0.2, 0.25) is 5.15 Å². The van der Waals surface area contributed by atoms with Crippen LogP contribution in [-0.4, -0.2) is 30.0 Å². The second-order valence-electron chi connectivity index (χ2n) is 4.12. The second kappa shape index (κ2) is 5.67. The van der Waals surface area contributed by atoms with E-state index in [0.717, 1.165) is 5.82 Å². The summed E-state index contributed by atoms with van der Waals surface area (Å²) in [6.45, 7) is 0. The molecule has 0 fully saturated rings. The lowest BCUT2D eigenvalue weighted by molar-refractivity contribution is 0.102. The monoisotopic (exact) mass is 276 g/mol. The SMILES string of the molecule is CN(C)c1ccc(NC(=O)c2ccc(Cl)nc2)cn1. The Morgan fingerprint density at radius 2 is 1.95 bits per heavy atom. The third kappa shape index (κ3) is 3.42. The lowest BCUT2D eigenvalue weighted by Crippen LogP contribution is -2.13. The highest BCUT2D eigenvalue weighted by atomic mass is 35.5. The van der Waals surface area contributed by atoms with E-state index in [-0.39, 0.29) is 5.91 Å². The molecule has 2 aromatic heterocycles. The topological polar surface area (TPSA) is 58.1 Å². The Balaban J connectivity index is 2.08. The molecular formula is C13H13ClN4O. The average molecular weight is 277 g/mol. The van der Waals surface area contributed by atoms with Gasteiger partial charge in [0, 0.05) is 20.3 Å². The number of pyridine rings is 2. The molecule has 0 unspecified atom stereocenters. The number of hydrogen-bond acceptors (Lipinski definition) is 4. The number of carbonyl (C=O) groups excluding carboxylic acids is 1. The van der Waals surface area contributed by atoms with Gasteiger partial charge in [0.05, 0.1) is 17.4 Å². The van der Waals surface area contributed by atoms with E-state index in [1.54, 1.807) is 24.4 Å². The summed E-state index contributed by atoms with van der Waals surface area (Å²) >= 11 is 5.67. The Morgan fingerprint density at radius 3 is 2.47 bits per heavy atom. The maximum Gasteiger partial charge on any atom is 0.257 e. The Hall–Kier alpha value is -2.14. The quantitative estimate of drug-likeness (QED) is 0.875. The Bertz CT molecular complexity index is 566. The fourth-order valence-corrected chi connectivity index (χ4v) is 1.55. The van der Waals surface area contributed by atoms with Gasteiger partial charge in [-0.05, 0) is 24.3 Å². The molecule has 2 heterocycles. The first-order valence-corrected chi connectivity index (χ1v) is 6.00. The molecule has 2 rings (SSSR count). The van der Waals surface area contributed by atoms with Crippen LogP contribution < -0.4 is 10.2 Å². The predicted molar refractivity (Wildman–Crippen MR) is 75.8 cm³/mol. The number of rotatable bonds is 3. The summed E-state index contributed by atoms with van der Waals surface area (Å²) in [7, 11) is 3.81. The van der Waals surface area contributed by atoms with Crippen LogP contribution in [0.1, 0.15) is 10.4 Å². The number of anilines is 2. The van der Waals surface area contributed by atoms with Gasteiger partial charge in [-0.1, -0.05) is 11.6 Å². The third-order valence-electron chi connectivity index (χ3n) is 2.45. The number of carbonyl (C=O) groups is 1. The number of nitrogens with one attached hydrogen (secondary N) is 1. The van der Waals surface area contributed by atoms with Gasteiger partial charge in [-0.25, -0.2) is 9.97 Å². The van der Waals surface area contributed by atoms with Crippen LogP contribution in [0.3, 0.4) is 0 Å². The van der Waals surface area contributed by atoms with E-state index in [2.05, 4.69) is 15.3 Å². The third-order valence-corrected chi connectivity index (χ3v) is 2.68. The molecule has 0 aliphatic rings. The molecule has 1 amide bonds. The second-order valence-corrected chi connectivity index (χ2v) is 4.51. The van der Waals surface area contributed by atoms with Crippen LogP contribution in [0.5, 0.6) is 0 Å². The van der Waals surface area contributed by atoms with Crippen LogP contribution in [0.25, 0.3) is 0 Å². The molecule has 0 saturated carbocycles. The zero-order valence-electron chi connectivity index (χ0n) is 10.6. The van der Waals surface area contributed by atoms with E-state index < -0.39 is 0 Å². The van der Waals surface area contributed by atoms with Gasteiger partial charge >= 0.3 is 0 Å². The van der Waals surface area contributed by atoms with E-state index in [9.17, 15) is 4.79 Å². The number of halogens is 1. The fourth-order valence-electron chi connectivity index (χ4n) is 1.44. The van der Waals surface area contributed by atoms with E-state index in [1.807, 2.05) is 25.1 Å². The van der Waals surface area contributed by atoms with Crippen LogP contribution in [0.15, 0.2) is 36.7 Å². The molecule has 19 heavy (non-hydrogen) atoms. The van der Waals surface area contributed by atoms with Gasteiger partial charge in [0.2, 0.25) is 0 Å². The highest BCUT2D eigenvalue weighted by Gasteiger charge is 2.07. The van der Waals surface area contributed by atoms with Crippen molar-refractivity contribution in [3.8, 4) is 0 Å². The van der Waals surface area contributed by atoms with Gasteiger partial charge in [-0.2, -0.15) is 0 Å². The van der Waals surface area contributed by atoms with E-state index >= 15 is 0 Å². The van der Waals surface area contributed by atoms with Crippen LogP contribution in [0.4, 0.5) is 11.5 Å². The summed E-state index contributed by atoms with van der Waals surface area (Å²) < 4.78 is 0. The van der Waals surface area contributed by atoms with Crippen LogP contribution in [-0.2, 0) is 0 Å². The summed E-state index contributed by atoms with van der Waals surface area (Å²) in [5.41, 5.74) is 1.08. The maximum atomic E-state index is 11.9. The molecule has 1 N–H and O–H groups in total. The first-order valence-electron chi connectivity index (χ1n) is 5.62. The predicted octanol–water partition coefficient (Wildman–Crippen LogP) is 2.45. The molecule has 6 heteroatoms. The lowest BCUT2D eigenvalue weighted by atomic mass is 10.2. The molecule has 0 aliphatic carbocycles. The van der Waals surface area contributed by atoms with Crippen molar-refractivity contribution >= 4 is 29.0 Å². The zero-order valence-corrected chi connectivity index (χ0v) is 11.3. The maximum absolute atomic E-state index is 11.9. The van der Waals surface area contributed by atoms with E-state index in [4.69, 9.17) is 11.6 Å². The van der Waals surface area contributed by atoms with Gasteiger partial charge in [0.25, 0.3) is 5.91 Å². The molecule has 0 atom stereocenters. The summed E-state index contributed by atoms with van der Waals surface area (Å²) in [4.78, 5) is 21.9. The number of aromatic nitrogens is 2. The Kier molecular flexibility index (Phi) is 3.97. The molecule has 0 bridgehead atoms. The largest absolute Gasteiger partial charge is 0.363 e. The van der Waals surface area contributed by atoms with Gasteiger partial charge in [0.15, 0.2) is 0 Å². The minimum atomic E-state index is -0.247. The lowest BCUT2D eigenvalue weighted by Gasteiger charge is -2.11. The van der Waals surface area contributed by atoms with Crippen molar-refractivity contribution in [1.82, 2.24) is 9.97 Å². The summed E-state index contributed by atoms with van der Waals surface area (Å²) in [5.74, 6) is 0.578. The first-order chi connectivity index (χ1) is 9.06. The summed E-state index contributed by atoms with van der Waals surface area (Å²) in [6, 6.07) is 6.81. The molecule has 0 radical (unpaired) electrons. The Labute approximate surface area is 116 Å². The van der Waals surface area contributed by atoms with Gasteiger partial charge in [-0.3, -0.25) is 4.79 Å². The average Bonchev–Trinajstić information content (AvgIpc) is 2.40. The molecule has 98 valence electrons. The van der Waals surface area contributed by atoms with Crippen molar-refractivity contribution in [2.24, 2.45) is 0 Å². The van der Waals surface area contributed by atoms with Crippen molar-refractivity contribution in [3.63, 3.8) is 0 Å². The smallest absolute Gasteiger partial charge is 0.257 e. The molecule has 0 aromatic carbocycles. The highest BCUT2D eigenvalue weighted by molar-refractivity contribution is 6.29. The fraction of sp³-hybridized carbons (Fsp3) is 0.154. The van der Waals surface area contributed by atoms with Crippen LogP contribution in [0, 0.1) is 0 Å². The molecule has 0 spiro atoms. The zero-order chi connectivity index (χ0) is 13.8. The van der Waals surface area contributed by atoms with Crippen molar-refractivity contribution in [2.45, 2.75) is 0 Å². The van der Waals surface area contributed by atoms with Gasteiger partial charge in [-0.15, -0.1) is 0 Å². The van der Waals surface area contributed by atoms with E-state index in [0.29, 0.717) is 16.4 Å². The molecule has 2 aromatic rings. The number of hydrogen-bond donors (Lipinski definition) is 1. The highest BCUT2D eigenvalue weighted by Crippen LogP contribution is 2.13. The minimum absolute atomic E-state index is 0.247. The standard InChI is InChI=1S/C13H13ClN4O/c1-18(2)12-6-4-10(8-16-12)17-13(19)9-3-5-11(14)15-7-9/h3-8H,1-2H3,(H,17,19). The molecule has 0 aliphatic heterocycles. The Morgan fingerprint density at radius 1 is 1.16 bits per heavy atom. The summed E-state index contributed by atoms with van der Waals surface area (Å²) in [6.07, 6.45) is 3.04. The number of nitrogens with zero attached hydrogens (tertiary/aromatic N) is 3.